The Balaban J connectivity index is 1.20. The van der Waals surface area contributed by atoms with Gasteiger partial charge in [0.05, 0.1) is 15.1 Å². The molecule has 9 heteroatoms. The van der Waals surface area contributed by atoms with Gasteiger partial charge in [0, 0.05) is 57.2 Å². The van der Waals surface area contributed by atoms with Crippen LogP contribution in [0.2, 0.25) is 15.1 Å². The van der Waals surface area contributed by atoms with Gasteiger partial charge in [0.1, 0.15) is 17.2 Å². The van der Waals surface area contributed by atoms with Gasteiger partial charge in [0.15, 0.2) is 11.5 Å². The predicted octanol–water partition coefficient (Wildman–Crippen LogP) is 15.2. The van der Waals surface area contributed by atoms with Gasteiger partial charge in [-0.15, -0.1) is 0 Å². The van der Waals surface area contributed by atoms with Crippen LogP contribution in [0.3, 0.4) is 0 Å². The molecule has 12 fully saturated rings. The lowest BCUT2D eigenvalue weighted by atomic mass is 9.41. The van der Waals surface area contributed by atoms with E-state index in [1.54, 1.807) is 5.56 Å². The van der Waals surface area contributed by atoms with Crippen LogP contribution in [0, 0.1) is 53.3 Å². The molecule has 0 heterocycles. The second-order valence-corrected chi connectivity index (χ2v) is 24.3. The van der Waals surface area contributed by atoms with E-state index in [2.05, 4.69) is 0 Å². The predicted molar refractivity (Wildman–Crippen MR) is 254 cm³/mol. The molecule has 12 aliphatic carbocycles. The van der Waals surface area contributed by atoms with Crippen LogP contribution in [0.5, 0.6) is 34.5 Å². The molecule has 0 aliphatic heterocycles. The zero-order valence-electron chi connectivity index (χ0n) is 36.2. The van der Waals surface area contributed by atoms with Crippen LogP contribution in [0.15, 0.2) is 54.6 Å². The fraction of sp³-hybridized carbons (Fsp3) is 0.556. The molecule has 16 rings (SSSR count). The molecule has 4 aromatic rings. The summed E-state index contributed by atoms with van der Waals surface area (Å²) in [4.78, 5) is 0. The molecule has 0 amide bonds. The van der Waals surface area contributed by atoms with E-state index >= 15 is 0 Å². The Labute approximate surface area is 387 Å². The Morgan fingerprint density at radius 2 is 0.587 bits per heavy atom. The number of hydrogen-bond donors (Lipinski definition) is 3. The van der Waals surface area contributed by atoms with E-state index in [0.29, 0.717) is 102 Å². The van der Waals surface area contributed by atoms with Gasteiger partial charge in [-0.25, -0.2) is 0 Å². The molecule has 6 nitrogen and oxygen atoms in total. The van der Waals surface area contributed by atoms with Gasteiger partial charge in [0.25, 0.3) is 0 Å². The maximum absolute atomic E-state index is 7.65. The van der Waals surface area contributed by atoms with Crippen molar-refractivity contribution in [3.63, 3.8) is 0 Å². The molecular weight excluding hydrogens is 845 g/mol. The Bertz CT molecular complexity index is 2320. The lowest BCUT2D eigenvalue weighted by molar-refractivity contribution is -0.0255. The van der Waals surface area contributed by atoms with E-state index in [-0.39, 0.29) is 16.2 Å². The third-order valence-electron chi connectivity index (χ3n) is 18.6. The van der Waals surface area contributed by atoms with Crippen molar-refractivity contribution < 1.29 is 14.2 Å². The first kappa shape index (κ1) is 39.9. The molecule has 0 spiro atoms. The molecule has 12 aliphatic rings. The summed E-state index contributed by atoms with van der Waals surface area (Å²) in [5.74, 6) is 9.79. The van der Waals surface area contributed by atoms with E-state index in [1.807, 2.05) is 54.6 Å². The Morgan fingerprint density at radius 1 is 0.349 bits per heavy atom. The molecule has 12 saturated carbocycles. The van der Waals surface area contributed by atoms with Crippen molar-refractivity contribution in [2.45, 2.75) is 132 Å². The maximum Gasteiger partial charge on any atom is 0.213 e. The molecule has 12 bridgehead atoms. The average Bonchev–Trinajstić information content (AvgIpc) is 3.21. The van der Waals surface area contributed by atoms with E-state index in [1.165, 1.54) is 127 Å². The highest BCUT2D eigenvalue weighted by Crippen LogP contribution is 2.73. The van der Waals surface area contributed by atoms with Crippen molar-refractivity contribution in [3.8, 4) is 34.5 Å². The average molecular weight is 905 g/mol. The second-order valence-electron chi connectivity index (χ2n) is 23.1. The van der Waals surface area contributed by atoms with Crippen LogP contribution < -0.4 is 31.4 Å². The second kappa shape index (κ2) is 14.3. The molecule has 0 aromatic heterocycles. The summed E-state index contributed by atoms with van der Waals surface area (Å²) in [5.41, 5.74) is 25.6. The Hall–Kier alpha value is -3.45. The maximum atomic E-state index is 7.65. The topological polar surface area (TPSA) is 106 Å². The summed E-state index contributed by atoms with van der Waals surface area (Å²) in [7, 11) is 0. The molecule has 0 saturated heterocycles. The lowest BCUT2D eigenvalue weighted by Gasteiger charge is -2.63. The van der Waals surface area contributed by atoms with Crippen LogP contribution in [0.1, 0.15) is 132 Å². The van der Waals surface area contributed by atoms with E-state index in [9.17, 15) is 0 Å². The van der Waals surface area contributed by atoms with Crippen LogP contribution in [-0.2, 0) is 16.2 Å². The van der Waals surface area contributed by atoms with Gasteiger partial charge in [-0.05, 0) is 216 Å². The highest BCUT2D eigenvalue weighted by molar-refractivity contribution is 6.32. The number of benzene rings is 4. The molecule has 0 radical (unpaired) electrons. The summed E-state index contributed by atoms with van der Waals surface area (Å²) in [5, 5.41) is 1.45. The van der Waals surface area contributed by atoms with Crippen LogP contribution in [0.4, 0.5) is 17.1 Å². The monoisotopic (exact) mass is 903 g/mol. The van der Waals surface area contributed by atoms with Gasteiger partial charge in [-0.2, -0.15) is 0 Å². The fourth-order valence-electron chi connectivity index (χ4n) is 17.9. The molecule has 6 N–H and O–H groups in total. The first-order valence-electron chi connectivity index (χ1n) is 24.3. The summed E-state index contributed by atoms with van der Waals surface area (Å²) >= 11 is 21.6. The molecule has 0 unspecified atom stereocenters. The summed E-state index contributed by atoms with van der Waals surface area (Å²) in [6.07, 6.45) is 22.7. The molecule has 4 aromatic carbocycles. The standard InChI is InChI=1S/C54H60Cl3N3O3/c55-40-4-1-37(58)16-43(40)61-49-47(53-22-31-10-32(23-53)12-33(11-31)24-53)46(52-19-28-7-29(20-52)9-30(8-28)21-52)48(54-25-34-13-35(26-54)15-36(14-34)27-54)50(62-44-17-38(59)2-5-41(44)56)51(49)63-45-18-39(60)3-6-42(45)57/h1-6,16-18,28-36H,7-15,19-27,58-60H2. The van der Waals surface area contributed by atoms with Crippen LogP contribution in [0.25, 0.3) is 0 Å². The molecular formula is C54H60Cl3N3O3. The summed E-state index contributed by atoms with van der Waals surface area (Å²) in [6.45, 7) is 0. The molecule has 330 valence electrons. The number of rotatable bonds is 9. The first-order chi connectivity index (χ1) is 30.4. The summed E-state index contributed by atoms with van der Waals surface area (Å²) < 4.78 is 22.8. The van der Waals surface area contributed by atoms with Gasteiger partial charge >= 0.3 is 0 Å². The number of ether oxygens (including phenoxy) is 3. The number of hydrogen-bond acceptors (Lipinski definition) is 6. The minimum atomic E-state index is -0.0996. The van der Waals surface area contributed by atoms with E-state index < -0.39 is 0 Å². The Morgan fingerprint density at radius 3 is 0.857 bits per heavy atom. The van der Waals surface area contributed by atoms with E-state index in [0.717, 1.165) is 17.8 Å². The highest BCUT2D eigenvalue weighted by Gasteiger charge is 2.62. The number of nitrogen functional groups attached to an aromatic ring is 3. The third kappa shape index (κ3) is 6.44. The lowest BCUT2D eigenvalue weighted by Crippen LogP contribution is -2.55. The van der Waals surface area contributed by atoms with Gasteiger partial charge < -0.3 is 31.4 Å². The highest BCUT2D eigenvalue weighted by atomic mass is 35.5. The van der Waals surface area contributed by atoms with Crippen LogP contribution in [-0.4, -0.2) is 0 Å². The minimum Gasteiger partial charge on any atom is -0.451 e. The van der Waals surface area contributed by atoms with Crippen molar-refractivity contribution in [1.29, 1.82) is 0 Å². The van der Waals surface area contributed by atoms with E-state index in [4.69, 9.17) is 66.2 Å². The fourth-order valence-corrected chi connectivity index (χ4v) is 18.4. The van der Waals surface area contributed by atoms with Gasteiger partial charge in [0.2, 0.25) is 5.75 Å². The minimum absolute atomic E-state index is 0.0192. The quantitative estimate of drug-likeness (QED) is 0.145. The SMILES string of the molecule is Nc1ccc(Cl)c(Oc2c(Oc3cc(N)ccc3Cl)c(C34CC5CC(CC(C5)C3)C4)c(C34CC5CC(CC(C5)C3)C4)c(C34CC5CC(CC(C5)C3)C4)c2Oc2cc(N)ccc2Cl)c1. The smallest absolute Gasteiger partial charge is 0.213 e. The normalized spacial score (nSPS) is 37.5. The van der Waals surface area contributed by atoms with Crippen molar-refractivity contribution in [1.82, 2.24) is 0 Å². The number of anilines is 3. The van der Waals surface area contributed by atoms with Crippen molar-refractivity contribution >= 4 is 51.9 Å². The van der Waals surface area contributed by atoms with Crippen LogP contribution >= 0.6 is 34.8 Å². The number of halogens is 3. The number of nitrogens with two attached hydrogens (primary N) is 3. The van der Waals surface area contributed by atoms with Crippen molar-refractivity contribution in [3.05, 3.63) is 86.4 Å². The zero-order valence-corrected chi connectivity index (χ0v) is 38.5. The van der Waals surface area contributed by atoms with Gasteiger partial charge in [-0.1, -0.05) is 34.8 Å². The first-order valence-corrected chi connectivity index (χ1v) is 25.5. The molecule has 63 heavy (non-hydrogen) atoms. The van der Waals surface area contributed by atoms with Crippen molar-refractivity contribution in [2.75, 3.05) is 17.2 Å². The zero-order chi connectivity index (χ0) is 42.6. The summed E-state index contributed by atoms with van der Waals surface area (Å²) in [6, 6.07) is 16.6. The largest absolute Gasteiger partial charge is 0.451 e. The van der Waals surface area contributed by atoms with Crippen molar-refractivity contribution in [2.24, 2.45) is 53.3 Å². The Kier molecular flexibility index (Phi) is 9.04. The third-order valence-corrected chi connectivity index (χ3v) is 19.5. The molecule has 0 atom stereocenters. The van der Waals surface area contributed by atoms with Gasteiger partial charge in [-0.3, -0.25) is 0 Å².